The van der Waals surface area contributed by atoms with Gasteiger partial charge in [-0.1, -0.05) is 5.92 Å². The lowest BCUT2D eigenvalue weighted by Crippen LogP contribution is -1.93. The minimum absolute atomic E-state index is 0.244. The lowest BCUT2D eigenvalue weighted by Gasteiger charge is -2.03. The molecule has 0 saturated carbocycles. The highest BCUT2D eigenvalue weighted by molar-refractivity contribution is 7.10. The number of hydrogen-bond acceptors (Lipinski definition) is 4. The Balaban J connectivity index is 2.12. The van der Waals surface area contributed by atoms with Gasteiger partial charge in [-0.3, -0.25) is 4.79 Å². The lowest BCUT2D eigenvalue weighted by atomic mass is 10.3. The Morgan fingerprint density at radius 2 is 2.29 bits per heavy atom. The van der Waals surface area contributed by atoms with Gasteiger partial charge >= 0.3 is 0 Å². The van der Waals surface area contributed by atoms with Crippen LogP contribution in [0.25, 0.3) is 0 Å². The molecule has 1 saturated heterocycles. The number of hydrogen-bond donors (Lipinski definition) is 0. The first-order valence-corrected chi connectivity index (χ1v) is 5.05. The number of ether oxygens (including phenoxy) is 2. The van der Waals surface area contributed by atoms with Gasteiger partial charge in [-0.2, -0.15) is 0 Å². The van der Waals surface area contributed by atoms with Crippen molar-refractivity contribution in [2.45, 2.75) is 6.29 Å². The fraction of sp³-hybridized carbons (Fsp3) is 0.300. The maximum atomic E-state index is 10.0. The van der Waals surface area contributed by atoms with Gasteiger partial charge < -0.3 is 9.47 Å². The quantitative estimate of drug-likeness (QED) is 0.516. The highest BCUT2D eigenvalue weighted by Gasteiger charge is 2.19. The Kier molecular flexibility index (Phi) is 2.94. The van der Waals surface area contributed by atoms with Crippen LogP contribution in [0.5, 0.6) is 0 Å². The summed E-state index contributed by atoms with van der Waals surface area (Å²) in [5, 5.41) is 1.89. The summed E-state index contributed by atoms with van der Waals surface area (Å²) < 4.78 is 10.7. The largest absolute Gasteiger partial charge is 0.345 e. The molecule has 0 aromatic carbocycles. The predicted molar refractivity (Wildman–Crippen MR) is 51.9 cm³/mol. The zero-order chi connectivity index (χ0) is 9.80. The summed E-state index contributed by atoms with van der Waals surface area (Å²) in [5.74, 6) is 5.08. The zero-order valence-corrected chi connectivity index (χ0v) is 8.17. The van der Waals surface area contributed by atoms with Crippen LogP contribution in [0.1, 0.15) is 16.7 Å². The Hall–Kier alpha value is -1.15. The van der Waals surface area contributed by atoms with E-state index in [1.165, 1.54) is 11.3 Å². The molecule has 0 radical (unpaired) electrons. The van der Waals surface area contributed by atoms with Crippen molar-refractivity contribution in [3.8, 4) is 11.8 Å². The lowest BCUT2D eigenvalue weighted by molar-refractivity contribution is -0.103. The van der Waals surface area contributed by atoms with Gasteiger partial charge in [-0.15, -0.1) is 11.3 Å². The minimum atomic E-state index is -0.244. The predicted octanol–water partition coefficient (Wildman–Crippen LogP) is 1.34. The number of carbonyl (C=O) groups is 1. The van der Waals surface area contributed by atoms with Gasteiger partial charge in [0.2, 0.25) is 0 Å². The van der Waals surface area contributed by atoms with Crippen molar-refractivity contribution in [1.29, 1.82) is 0 Å². The summed E-state index contributed by atoms with van der Waals surface area (Å²) >= 11 is 1.53. The van der Waals surface area contributed by atoms with Crippen LogP contribution in [0.15, 0.2) is 11.4 Å². The van der Waals surface area contributed by atoms with E-state index < -0.39 is 0 Å². The molecule has 1 aliphatic rings. The summed E-state index contributed by atoms with van der Waals surface area (Å²) in [6.07, 6.45) is 0.340. The van der Waals surface area contributed by atoms with Crippen LogP contribution in [-0.2, 0) is 14.3 Å². The molecule has 1 fully saturated rings. The third kappa shape index (κ3) is 2.02. The molecule has 0 amide bonds. The van der Waals surface area contributed by atoms with Crippen LogP contribution in [0.2, 0.25) is 0 Å². The summed E-state index contributed by atoms with van der Waals surface area (Å²) in [4.78, 5) is 11.0. The highest BCUT2D eigenvalue weighted by Crippen LogP contribution is 2.28. The first kappa shape index (κ1) is 9.41. The Labute approximate surface area is 85.6 Å². The number of thiophene rings is 1. The molecule has 0 atom stereocenters. The molecule has 0 spiro atoms. The van der Waals surface area contributed by atoms with E-state index in [1.807, 2.05) is 11.4 Å². The molecule has 1 aromatic heterocycles. The molecular formula is C10H8O3S. The first-order chi connectivity index (χ1) is 6.90. The van der Waals surface area contributed by atoms with Crippen LogP contribution < -0.4 is 0 Å². The van der Waals surface area contributed by atoms with E-state index in [-0.39, 0.29) is 6.29 Å². The van der Waals surface area contributed by atoms with Crippen molar-refractivity contribution in [2.75, 3.05) is 13.2 Å². The molecular weight excluding hydrogens is 200 g/mol. The fourth-order valence-corrected chi connectivity index (χ4v) is 2.01. The van der Waals surface area contributed by atoms with E-state index in [0.29, 0.717) is 19.5 Å². The molecule has 3 nitrogen and oxygen atoms in total. The number of carbonyl (C=O) groups excluding carboxylic acids is 1. The number of aldehydes is 1. The molecule has 2 rings (SSSR count). The van der Waals surface area contributed by atoms with Gasteiger partial charge in [0.25, 0.3) is 0 Å². The van der Waals surface area contributed by atoms with Gasteiger partial charge in [-0.05, 0) is 12.0 Å². The molecule has 14 heavy (non-hydrogen) atoms. The zero-order valence-electron chi connectivity index (χ0n) is 7.36. The van der Waals surface area contributed by atoms with Gasteiger partial charge in [0.05, 0.1) is 18.1 Å². The fourth-order valence-electron chi connectivity index (χ4n) is 1.18. The molecule has 0 aliphatic carbocycles. The Morgan fingerprint density at radius 1 is 1.50 bits per heavy atom. The van der Waals surface area contributed by atoms with E-state index in [0.717, 1.165) is 10.4 Å². The van der Waals surface area contributed by atoms with Crippen LogP contribution in [0.3, 0.4) is 0 Å². The monoisotopic (exact) mass is 208 g/mol. The van der Waals surface area contributed by atoms with Gasteiger partial charge in [0.15, 0.2) is 12.6 Å². The maximum absolute atomic E-state index is 10.0. The van der Waals surface area contributed by atoms with Crippen molar-refractivity contribution in [3.05, 3.63) is 21.9 Å². The second kappa shape index (κ2) is 4.38. The van der Waals surface area contributed by atoms with E-state index in [2.05, 4.69) is 11.8 Å². The standard InChI is InChI=1S/C10H8O3S/c11-3-1-2-8-6-9(14-7-8)10-12-4-5-13-10/h3,6-7,10H,4-5H2. The SMILES string of the molecule is O=CC#Cc1csc(C2OCCO2)c1. The molecule has 0 bridgehead atoms. The van der Waals surface area contributed by atoms with Crippen molar-refractivity contribution in [3.63, 3.8) is 0 Å². The molecule has 2 heterocycles. The van der Waals surface area contributed by atoms with E-state index in [4.69, 9.17) is 9.47 Å². The highest BCUT2D eigenvalue weighted by atomic mass is 32.1. The van der Waals surface area contributed by atoms with Gasteiger partial charge in [0, 0.05) is 10.9 Å². The third-order valence-electron chi connectivity index (χ3n) is 1.75. The van der Waals surface area contributed by atoms with Crippen LogP contribution in [0.4, 0.5) is 0 Å². The van der Waals surface area contributed by atoms with Crippen molar-refractivity contribution >= 4 is 17.6 Å². The molecule has 0 unspecified atom stereocenters. The summed E-state index contributed by atoms with van der Waals surface area (Å²) in [6, 6.07) is 1.89. The Bertz CT molecular complexity index is 380. The van der Waals surface area contributed by atoms with Crippen LogP contribution in [-0.4, -0.2) is 19.5 Å². The summed E-state index contributed by atoms with van der Waals surface area (Å²) in [7, 11) is 0. The van der Waals surface area contributed by atoms with Gasteiger partial charge in [-0.25, -0.2) is 0 Å². The molecule has 0 N–H and O–H groups in total. The van der Waals surface area contributed by atoms with E-state index >= 15 is 0 Å². The normalized spacial score (nSPS) is 16.3. The van der Waals surface area contributed by atoms with E-state index in [1.54, 1.807) is 0 Å². The molecule has 1 aromatic rings. The molecule has 72 valence electrons. The summed E-state index contributed by atoms with van der Waals surface area (Å²) in [5.41, 5.74) is 0.830. The van der Waals surface area contributed by atoms with Crippen LogP contribution >= 0.6 is 11.3 Å². The topological polar surface area (TPSA) is 35.5 Å². The minimum Gasteiger partial charge on any atom is -0.345 e. The second-order valence-electron chi connectivity index (χ2n) is 2.70. The second-order valence-corrected chi connectivity index (χ2v) is 3.64. The number of rotatable bonds is 1. The Morgan fingerprint density at radius 3 is 3.00 bits per heavy atom. The molecule has 1 aliphatic heterocycles. The third-order valence-corrected chi connectivity index (χ3v) is 2.70. The van der Waals surface area contributed by atoms with Crippen LogP contribution in [0, 0.1) is 11.8 Å². The van der Waals surface area contributed by atoms with Crippen molar-refractivity contribution in [2.24, 2.45) is 0 Å². The average Bonchev–Trinajstić information content (AvgIpc) is 2.85. The molecule has 4 heteroatoms. The van der Waals surface area contributed by atoms with Crippen molar-refractivity contribution in [1.82, 2.24) is 0 Å². The van der Waals surface area contributed by atoms with E-state index in [9.17, 15) is 4.79 Å². The maximum Gasteiger partial charge on any atom is 0.193 e. The average molecular weight is 208 g/mol. The van der Waals surface area contributed by atoms with Crippen molar-refractivity contribution < 1.29 is 14.3 Å². The first-order valence-electron chi connectivity index (χ1n) is 4.17. The smallest absolute Gasteiger partial charge is 0.193 e. The summed E-state index contributed by atoms with van der Waals surface area (Å²) in [6.45, 7) is 1.27. The van der Waals surface area contributed by atoms with Gasteiger partial charge in [0.1, 0.15) is 0 Å².